The van der Waals surface area contributed by atoms with E-state index in [4.69, 9.17) is 9.66 Å². The Morgan fingerprint density at radius 3 is 2.39 bits per heavy atom. The second-order valence-corrected chi connectivity index (χ2v) is 6.94. The minimum Gasteiger partial charge on any atom is -0.361 e. The number of nitrogens with two attached hydrogens (primary N) is 1. The van der Waals surface area contributed by atoms with E-state index < -0.39 is 10.0 Å². The largest absolute Gasteiger partial charge is 0.361 e. The number of aromatic nitrogens is 1. The lowest BCUT2D eigenvalue weighted by atomic mass is 10.1. The van der Waals surface area contributed by atoms with Crippen molar-refractivity contribution in [2.24, 2.45) is 5.14 Å². The summed E-state index contributed by atoms with van der Waals surface area (Å²) in [6.07, 6.45) is 0.181. The molecular formula is C15H19N3O4S. The third-order valence-corrected chi connectivity index (χ3v) is 4.53. The maximum absolute atomic E-state index is 12.1. The summed E-state index contributed by atoms with van der Waals surface area (Å²) in [6.45, 7) is 5.36. The van der Waals surface area contributed by atoms with Crippen molar-refractivity contribution in [2.45, 2.75) is 38.1 Å². The number of primary sulfonamides is 1. The van der Waals surface area contributed by atoms with E-state index in [1.54, 1.807) is 26.0 Å². The van der Waals surface area contributed by atoms with Crippen molar-refractivity contribution in [3.05, 3.63) is 46.8 Å². The predicted octanol–water partition coefficient (Wildman–Crippen LogP) is 1.36. The van der Waals surface area contributed by atoms with Crippen molar-refractivity contribution in [1.82, 2.24) is 10.5 Å². The topological polar surface area (TPSA) is 115 Å². The molecule has 0 aliphatic carbocycles. The molecular weight excluding hydrogens is 318 g/mol. The molecule has 0 radical (unpaired) electrons. The Hall–Kier alpha value is -2.19. The number of benzene rings is 1. The van der Waals surface area contributed by atoms with E-state index in [0.29, 0.717) is 11.5 Å². The molecule has 1 aromatic heterocycles. The van der Waals surface area contributed by atoms with Crippen molar-refractivity contribution < 1.29 is 17.7 Å². The maximum Gasteiger partial charge on any atom is 0.238 e. The fraction of sp³-hybridized carbons (Fsp3) is 0.333. The maximum atomic E-state index is 12.1. The minimum absolute atomic E-state index is 0.0375. The normalized spacial score (nSPS) is 12.9. The lowest BCUT2D eigenvalue weighted by Crippen LogP contribution is -2.28. The first kappa shape index (κ1) is 17.2. The van der Waals surface area contributed by atoms with Gasteiger partial charge in [0.2, 0.25) is 15.9 Å². The van der Waals surface area contributed by atoms with Gasteiger partial charge >= 0.3 is 0 Å². The molecule has 0 spiro atoms. The van der Waals surface area contributed by atoms with Crippen LogP contribution in [0.15, 0.2) is 33.7 Å². The van der Waals surface area contributed by atoms with Crippen molar-refractivity contribution in [1.29, 1.82) is 0 Å². The summed E-state index contributed by atoms with van der Waals surface area (Å²) in [5, 5.41) is 11.7. The number of nitrogens with one attached hydrogen (secondary N) is 1. The van der Waals surface area contributed by atoms with Crippen LogP contribution in [0.4, 0.5) is 0 Å². The van der Waals surface area contributed by atoms with Gasteiger partial charge in [-0.05, 0) is 38.5 Å². The smallest absolute Gasteiger partial charge is 0.238 e. The predicted molar refractivity (Wildman–Crippen MR) is 84.1 cm³/mol. The average Bonchev–Trinajstić information content (AvgIpc) is 2.78. The van der Waals surface area contributed by atoms with E-state index in [1.807, 2.05) is 6.92 Å². The van der Waals surface area contributed by atoms with Gasteiger partial charge in [-0.25, -0.2) is 13.6 Å². The highest BCUT2D eigenvalue weighted by Crippen LogP contribution is 2.17. The molecule has 23 heavy (non-hydrogen) atoms. The molecule has 7 nitrogen and oxygen atoms in total. The molecule has 0 unspecified atom stereocenters. The first-order chi connectivity index (χ1) is 10.7. The van der Waals surface area contributed by atoms with Crippen LogP contribution >= 0.6 is 0 Å². The Balaban J connectivity index is 2.04. The van der Waals surface area contributed by atoms with Crippen LogP contribution in [0, 0.1) is 13.8 Å². The van der Waals surface area contributed by atoms with Gasteiger partial charge in [0.25, 0.3) is 0 Å². The summed E-state index contributed by atoms with van der Waals surface area (Å²) in [7, 11) is -3.72. The van der Waals surface area contributed by atoms with Gasteiger partial charge in [0.05, 0.1) is 23.1 Å². The van der Waals surface area contributed by atoms with Crippen molar-refractivity contribution in [3.63, 3.8) is 0 Å². The number of carbonyl (C=O) groups is 1. The molecule has 1 amide bonds. The lowest BCUT2D eigenvalue weighted by molar-refractivity contribution is -0.121. The van der Waals surface area contributed by atoms with Crippen LogP contribution in [0.1, 0.15) is 35.5 Å². The second kappa shape index (κ2) is 6.51. The van der Waals surface area contributed by atoms with Crippen LogP contribution in [0.5, 0.6) is 0 Å². The Kier molecular flexibility index (Phi) is 4.86. The fourth-order valence-corrected chi connectivity index (χ4v) is 2.75. The molecule has 1 heterocycles. The van der Waals surface area contributed by atoms with E-state index in [1.165, 1.54) is 12.1 Å². The Bertz CT molecular complexity index is 790. The van der Waals surface area contributed by atoms with Gasteiger partial charge in [0, 0.05) is 5.56 Å². The van der Waals surface area contributed by atoms with Gasteiger partial charge in [-0.3, -0.25) is 4.79 Å². The van der Waals surface area contributed by atoms with E-state index in [2.05, 4.69) is 10.5 Å². The number of rotatable bonds is 5. The number of amides is 1. The summed E-state index contributed by atoms with van der Waals surface area (Å²) in [6, 6.07) is 5.82. The van der Waals surface area contributed by atoms with Crippen LogP contribution in [-0.4, -0.2) is 19.5 Å². The van der Waals surface area contributed by atoms with Crippen LogP contribution in [0.25, 0.3) is 0 Å². The Morgan fingerprint density at radius 1 is 1.30 bits per heavy atom. The molecule has 0 aliphatic heterocycles. The number of carbonyl (C=O) groups excluding carboxylic acids is 1. The molecule has 0 saturated heterocycles. The molecule has 0 bridgehead atoms. The minimum atomic E-state index is -3.72. The lowest BCUT2D eigenvalue weighted by Gasteiger charge is -2.14. The van der Waals surface area contributed by atoms with Gasteiger partial charge in [0.15, 0.2) is 0 Å². The summed E-state index contributed by atoms with van der Waals surface area (Å²) >= 11 is 0. The van der Waals surface area contributed by atoms with Gasteiger partial charge in [0.1, 0.15) is 5.76 Å². The number of nitrogens with zero attached hydrogens (tertiary/aromatic N) is 1. The zero-order valence-electron chi connectivity index (χ0n) is 13.2. The molecule has 3 N–H and O–H groups in total. The van der Waals surface area contributed by atoms with Crippen LogP contribution in [-0.2, 0) is 21.2 Å². The van der Waals surface area contributed by atoms with Crippen molar-refractivity contribution >= 4 is 15.9 Å². The molecule has 0 saturated carbocycles. The molecule has 0 aliphatic rings. The number of hydrogen-bond acceptors (Lipinski definition) is 5. The van der Waals surface area contributed by atoms with Gasteiger partial charge < -0.3 is 9.84 Å². The monoisotopic (exact) mass is 337 g/mol. The van der Waals surface area contributed by atoms with E-state index >= 15 is 0 Å². The summed E-state index contributed by atoms with van der Waals surface area (Å²) in [4.78, 5) is 12.2. The zero-order valence-corrected chi connectivity index (χ0v) is 14.0. The van der Waals surface area contributed by atoms with E-state index in [-0.39, 0.29) is 23.3 Å². The molecule has 124 valence electrons. The molecule has 2 aromatic rings. The van der Waals surface area contributed by atoms with Crippen LogP contribution < -0.4 is 10.5 Å². The summed E-state index contributed by atoms with van der Waals surface area (Å²) < 4.78 is 27.5. The zero-order chi connectivity index (χ0) is 17.2. The van der Waals surface area contributed by atoms with Gasteiger partial charge in [-0.15, -0.1) is 0 Å². The summed E-state index contributed by atoms with van der Waals surface area (Å²) in [5.41, 5.74) is 2.26. The molecule has 1 aromatic carbocycles. The summed E-state index contributed by atoms with van der Waals surface area (Å²) in [5.74, 6) is 0.463. The van der Waals surface area contributed by atoms with Crippen molar-refractivity contribution in [3.8, 4) is 0 Å². The highest BCUT2D eigenvalue weighted by molar-refractivity contribution is 7.89. The van der Waals surface area contributed by atoms with Crippen LogP contribution in [0.3, 0.4) is 0 Å². The number of aryl methyl sites for hydroxylation is 2. The number of hydrogen-bond donors (Lipinski definition) is 2. The third kappa shape index (κ3) is 4.17. The molecule has 0 fully saturated rings. The highest BCUT2D eigenvalue weighted by Gasteiger charge is 2.16. The SMILES string of the molecule is Cc1noc(C)c1CC(=O)N[C@@H](C)c1ccc(S(N)(=O)=O)cc1. The first-order valence-corrected chi connectivity index (χ1v) is 8.57. The standard InChI is InChI=1S/C15H19N3O4S/c1-9(12-4-6-13(7-5-12)23(16,20)21)17-15(19)8-14-10(2)18-22-11(14)3/h4-7,9H,8H2,1-3H3,(H,17,19)(H2,16,20,21)/t9-/m0/s1. The Labute approximate surface area is 134 Å². The highest BCUT2D eigenvalue weighted by atomic mass is 32.2. The van der Waals surface area contributed by atoms with Crippen molar-refractivity contribution in [2.75, 3.05) is 0 Å². The van der Waals surface area contributed by atoms with Gasteiger partial charge in [-0.1, -0.05) is 17.3 Å². The Morgan fingerprint density at radius 2 is 1.91 bits per heavy atom. The quantitative estimate of drug-likeness (QED) is 0.854. The molecule has 1 atom stereocenters. The fourth-order valence-electron chi connectivity index (χ4n) is 2.24. The average molecular weight is 337 g/mol. The third-order valence-electron chi connectivity index (χ3n) is 3.60. The van der Waals surface area contributed by atoms with Crippen LogP contribution in [0.2, 0.25) is 0 Å². The van der Waals surface area contributed by atoms with E-state index in [9.17, 15) is 13.2 Å². The second-order valence-electron chi connectivity index (χ2n) is 5.38. The van der Waals surface area contributed by atoms with Gasteiger partial charge in [-0.2, -0.15) is 0 Å². The molecule has 8 heteroatoms. The van der Waals surface area contributed by atoms with E-state index in [0.717, 1.165) is 11.1 Å². The molecule has 2 rings (SSSR count). The first-order valence-electron chi connectivity index (χ1n) is 7.02. The number of sulfonamides is 1.